The third kappa shape index (κ3) is 4.20. The molecule has 156 valence electrons. The van der Waals surface area contributed by atoms with Crippen LogP contribution in [0.25, 0.3) is 22.6 Å². The molecule has 0 radical (unpaired) electrons. The fourth-order valence-corrected chi connectivity index (χ4v) is 3.33. The van der Waals surface area contributed by atoms with Crippen molar-refractivity contribution in [3.63, 3.8) is 0 Å². The molecule has 0 amide bonds. The van der Waals surface area contributed by atoms with E-state index >= 15 is 0 Å². The molecule has 9 nitrogen and oxygen atoms in total. The molecule has 29 heavy (non-hydrogen) atoms. The number of aromatic nitrogens is 5. The predicted molar refractivity (Wildman–Crippen MR) is 114 cm³/mol. The SMILES string of the molecule is CCCn1c(=O)c2[nH]c(-c3cc(Cl)nc(NC(C)OC)c3)nc2n(CCC)c1=O. The van der Waals surface area contributed by atoms with Crippen molar-refractivity contribution in [2.75, 3.05) is 12.4 Å². The second-order valence-electron chi connectivity index (χ2n) is 6.76. The Labute approximate surface area is 172 Å². The summed E-state index contributed by atoms with van der Waals surface area (Å²) in [6.07, 6.45) is 1.16. The molecule has 0 saturated carbocycles. The number of rotatable bonds is 8. The molecule has 0 aliphatic carbocycles. The number of nitrogens with one attached hydrogen (secondary N) is 2. The average molecular weight is 421 g/mol. The molecule has 10 heteroatoms. The average Bonchev–Trinajstić information content (AvgIpc) is 3.13. The van der Waals surface area contributed by atoms with Gasteiger partial charge < -0.3 is 15.0 Å². The van der Waals surface area contributed by atoms with Crippen LogP contribution in [0.1, 0.15) is 33.6 Å². The summed E-state index contributed by atoms with van der Waals surface area (Å²) in [5.74, 6) is 0.949. The number of pyridine rings is 1. The van der Waals surface area contributed by atoms with Crippen LogP contribution in [0.3, 0.4) is 0 Å². The molecule has 0 aliphatic heterocycles. The number of ether oxygens (including phenoxy) is 1. The van der Waals surface area contributed by atoms with Crippen LogP contribution < -0.4 is 16.6 Å². The van der Waals surface area contributed by atoms with E-state index in [1.54, 1.807) is 23.8 Å². The van der Waals surface area contributed by atoms with Gasteiger partial charge in [0, 0.05) is 25.8 Å². The number of anilines is 1. The summed E-state index contributed by atoms with van der Waals surface area (Å²) >= 11 is 6.17. The lowest BCUT2D eigenvalue weighted by Gasteiger charge is -2.13. The molecule has 3 aromatic rings. The van der Waals surface area contributed by atoms with Crippen molar-refractivity contribution in [1.82, 2.24) is 24.1 Å². The molecular weight excluding hydrogens is 396 g/mol. The highest BCUT2D eigenvalue weighted by molar-refractivity contribution is 6.29. The summed E-state index contributed by atoms with van der Waals surface area (Å²) in [6.45, 7) is 6.56. The van der Waals surface area contributed by atoms with E-state index in [1.807, 2.05) is 20.8 Å². The zero-order valence-corrected chi connectivity index (χ0v) is 17.7. The third-order valence-corrected chi connectivity index (χ3v) is 4.72. The van der Waals surface area contributed by atoms with Gasteiger partial charge in [0.2, 0.25) is 0 Å². The smallest absolute Gasteiger partial charge is 0.332 e. The number of halogens is 1. The summed E-state index contributed by atoms with van der Waals surface area (Å²) in [7, 11) is 1.58. The Morgan fingerprint density at radius 2 is 1.86 bits per heavy atom. The number of fused-ring (bicyclic) bond motifs is 1. The zero-order chi connectivity index (χ0) is 21.1. The van der Waals surface area contributed by atoms with E-state index in [0.717, 1.165) is 6.42 Å². The van der Waals surface area contributed by atoms with Crippen LogP contribution in [0, 0.1) is 0 Å². The molecule has 1 unspecified atom stereocenters. The molecule has 0 spiro atoms. The minimum atomic E-state index is -0.371. The van der Waals surface area contributed by atoms with Gasteiger partial charge in [0.05, 0.1) is 0 Å². The maximum absolute atomic E-state index is 12.9. The van der Waals surface area contributed by atoms with Crippen LogP contribution in [-0.4, -0.2) is 37.4 Å². The van der Waals surface area contributed by atoms with Gasteiger partial charge in [-0.2, -0.15) is 0 Å². The number of nitrogens with zero attached hydrogens (tertiary/aromatic N) is 4. The quantitative estimate of drug-likeness (QED) is 0.428. The van der Waals surface area contributed by atoms with Crippen LogP contribution in [0.5, 0.6) is 0 Å². The molecule has 2 N–H and O–H groups in total. The van der Waals surface area contributed by atoms with E-state index in [9.17, 15) is 9.59 Å². The van der Waals surface area contributed by atoms with E-state index in [1.165, 1.54) is 4.57 Å². The van der Waals surface area contributed by atoms with Gasteiger partial charge >= 0.3 is 5.69 Å². The highest BCUT2D eigenvalue weighted by Crippen LogP contribution is 2.24. The van der Waals surface area contributed by atoms with Gasteiger partial charge in [-0.15, -0.1) is 0 Å². The minimum Gasteiger partial charge on any atom is -0.362 e. The van der Waals surface area contributed by atoms with Crippen molar-refractivity contribution in [3.05, 3.63) is 38.1 Å². The van der Waals surface area contributed by atoms with E-state index in [0.29, 0.717) is 47.9 Å². The van der Waals surface area contributed by atoms with Gasteiger partial charge in [-0.05, 0) is 31.9 Å². The number of aryl methyl sites for hydroxylation is 1. The van der Waals surface area contributed by atoms with Crippen molar-refractivity contribution < 1.29 is 4.74 Å². The molecule has 0 aromatic carbocycles. The summed E-state index contributed by atoms with van der Waals surface area (Å²) in [4.78, 5) is 37.5. The Morgan fingerprint density at radius 1 is 1.17 bits per heavy atom. The molecule has 3 rings (SSSR count). The highest BCUT2D eigenvalue weighted by Gasteiger charge is 2.18. The zero-order valence-electron chi connectivity index (χ0n) is 17.0. The standard InChI is InChI=1S/C19H25ClN6O3/c1-5-7-25-17-15(18(27)26(8-6-2)19(25)28)23-16(24-17)12-9-13(20)22-14(10-12)21-11(3)29-4/h9-11H,5-8H2,1-4H3,(H,21,22)(H,23,24). The van der Waals surface area contributed by atoms with E-state index < -0.39 is 0 Å². The molecular formula is C19H25ClN6O3. The number of hydrogen-bond donors (Lipinski definition) is 2. The Bertz CT molecular complexity index is 1130. The van der Waals surface area contributed by atoms with Crippen LogP contribution in [-0.2, 0) is 17.8 Å². The summed E-state index contributed by atoms with van der Waals surface area (Å²) in [5, 5.41) is 3.34. The monoisotopic (exact) mass is 420 g/mol. The highest BCUT2D eigenvalue weighted by atomic mass is 35.5. The molecule has 0 saturated heterocycles. The Morgan fingerprint density at radius 3 is 2.52 bits per heavy atom. The molecule has 3 heterocycles. The van der Waals surface area contributed by atoms with Crippen LogP contribution in [0.2, 0.25) is 5.15 Å². The number of aromatic amines is 1. The summed E-state index contributed by atoms with van der Waals surface area (Å²) < 4.78 is 8.00. The molecule has 1 atom stereocenters. The van der Waals surface area contributed by atoms with Crippen molar-refractivity contribution in [2.45, 2.75) is 52.9 Å². The van der Waals surface area contributed by atoms with Gasteiger partial charge in [0.15, 0.2) is 5.65 Å². The summed E-state index contributed by atoms with van der Waals surface area (Å²) in [5.41, 5.74) is 0.577. The first-order chi connectivity index (χ1) is 13.9. The lowest BCUT2D eigenvalue weighted by molar-refractivity contribution is 0.140. The maximum atomic E-state index is 12.9. The lowest BCUT2D eigenvalue weighted by Crippen LogP contribution is -2.40. The largest absolute Gasteiger partial charge is 0.362 e. The summed E-state index contributed by atoms with van der Waals surface area (Å²) in [6, 6.07) is 3.40. The predicted octanol–water partition coefficient (Wildman–Crippen LogP) is 2.83. The van der Waals surface area contributed by atoms with Crippen molar-refractivity contribution in [3.8, 4) is 11.4 Å². The van der Waals surface area contributed by atoms with Gasteiger partial charge in [-0.3, -0.25) is 13.9 Å². The lowest BCUT2D eigenvalue weighted by atomic mass is 10.2. The number of methoxy groups -OCH3 is 1. The van der Waals surface area contributed by atoms with E-state index in [4.69, 9.17) is 16.3 Å². The van der Waals surface area contributed by atoms with Crippen LogP contribution in [0.4, 0.5) is 5.82 Å². The first-order valence-electron chi connectivity index (χ1n) is 9.60. The topological polar surface area (TPSA) is 107 Å². The molecule has 0 aliphatic rings. The Balaban J connectivity index is 2.20. The van der Waals surface area contributed by atoms with Crippen molar-refractivity contribution in [1.29, 1.82) is 0 Å². The minimum absolute atomic E-state index is 0.263. The second kappa shape index (κ2) is 8.79. The second-order valence-corrected chi connectivity index (χ2v) is 7.15. The van der Waals surface area contributed by atoms with Gasteiger partial charge in [-0.1, -0.05) is 25.4 Å². The fraction of sp³-hybridized carbons (Fsp3) is 0.474. The van der Waals surface area contributed by atoms with Gasteiger partial charge in [0.1, 0.15) is 28.5 Å². The van der Waals surface area contributed by atoms with Gasteiger partial charge in [-0.25, -0.2) is 14.8 Å². The third-order valence-electron chi connectivity index (χ3n) is 4.53. The Hall–Kier alpha value is -2.65. The molecule has 0 bridgehead atoms. The number of imidazole rings is 1. The van der Waals surface area contributed by atoms with Crippen LogP contribution >= 0.6 is 11.6 Å². The van der Waals surface area contributed by atoms with Gasteiger partial charge in [0.25, 0.3) is 5.56 Å². The van der Waals surface area contributed by atoms with E-state index in [2.05, 4.69) is 20.3 Å². The first kappa shape index (κ1) is 21.1. The fourth-order valence-electron chi connectivity index (χ4n) is 3.12. The first-order valence-corrected chi connectivity index (χ1v) is 9.98. The number of hydrogen-bond acceptors (Lipinski definition) is 6. The van der Waals surface area contributed by atoms with Crippen LogP contribution in [0.15, 0.2) is 21.7 Å². The molecule has 0 fully saturated rings. The van der Waals surface area contributed by atoms with E-state index in [-0.39, 0.29) is 22.6 Å². The maximum Gasteiger partial charge on any atom is 0.332 e. The normalized spacial score (nSPS) is 12.4. The Kier molecular flexibility index (Phi) is 6.39. The van der Waals surface area contributed by atoms with Crippen molar-refractivity contribution >= 4 is 28.6 Å². The molecule has 3 aromatic heterocycles. The van der Waals surface area contributed by atoms with Crippen molar-refractivity contribution in [2.24, 2.45) is 0 Å². The number of H-pyrrole nitrogens is 1.